The van der Waals surface area contributed by atoms with E-state index in [1.54, 1.807) is 18.7 Å². The Bertz CT molecular complexity index is 968. The van der Waals surface area contributed by atoms with Crippen LogP contribution in [-0.2, 0) is 0 Å². The summed E-state index contributed by atoms with van der Waals surface area (Å²) in [6.45, 7) is 4.09. The van der Waals surface area contributed by atoms with Gasteiger partial charge in [0.1, 0.15) is 12.2 Å². The number of aryl methyl sites for hydroxylation is 1. The van der Waals surface area contributed by atoms with Crippen LogP contribution in [0.3, 0.4) is 0 Å². The van der Waals surface area contributed by atoms with Gasteiger partial charge in [-0.3, -0.25) is 4.40 Å². The minimum atomic E-state index is 0.0957. The molecule has 0 spiro atoms. The van der Waals surface area contributed by atoms with E-state index in [-0.39, 0.29) is 6.04 Å². The lowest BCUT2D eigenvalue weighted by Crippen LogP contribution is -2.09. The number of fused-ring (bicyclic) bond motifs is 1. The molecule has 0 aliphatic carbocycles. The lowest BCUT2D eigenvalue weighted by molar-refractivity contribution is 0.869. The fourth-order valence-corrected chi connectivity index (χ4v) is 2.72. The summed E-state index contributed by atoms with van der Waals surface area (Å²) < 4.78 is 3.90. The van der Waals surface area contributed by atoms with E-state index < -0.39 is 0 Å². The first-order valence-electron chi connectivity index (χ1n) is 7.73. The largest absolute Gasteiger partial charge is 0.360 e. The molecule has 7 nitrogen and oxygen atoms in total. The summed E-state index contributed by atoms with van der Waals surface area (Å²) in [5.74, 6) is 1.69. The highest BCUT2D eigenvalue weighted by Crippen LogP contribution is 2.21. The molecule has 1 aromatic carbocycles. The van der Waals surface area contributed by atoms with Gasteiger partial charge in [-0.25, -0.2) is 9.97 Å². The van der Waals surface area contributed by atoms with E-state index >= 15 is 0 Å². The van der Waals surface area contributed by atoms with Crippen molar-refractivity contribution in [2.75, 3.05) is 5.32 Å². The normalized spacial score (nSPS) is 12.4. The van der Waals surface area contributed by atoms with E-state index in [4.69, 9.17) is 0 Å². The Hall–Kier alpha value is -3.22. The fraction of sp³-hybridized carbons (Fsp3) is 0.176. The molecule has 4 rings (SSSR count). The van der Waals surface area contributed by atoms with Gasteiger partial charge in [0.25, 0.3) is 0 Å². The molecule has 24 heavy (non-hydrogen) atoms. The van der Waals surface area contributed by atoms with Gasteiger partial charge in [-0.15, -0.1) is 10.2 Å². The Morgan fingerprint density at radius 3 is 2.58 bits per heavy atom. The maximum absolute atomic E-state index is 4.37. The Morgan fingerprint density at radius 1 is 1.04 bits per heavy atom. The van der Waals surface area contributed by atoms with E-state index in [0.717, 1.165) is 23.0 Å². The molecule has 0 aliphatic heterocycles. The van der Waals surface area contributed by atoms with Crippen LogP contribution < -0.4 is 5.32 Å². The zero-order valence-electron chi connectivity index (χ0n) is 13.5. The molecule has 120 valence electrons. The molecule has 0 aliphatic rings. The number of benzene rings is 1. The zero-order chi connectivity index (χ0) is 16.5. The lowest BCUT2D eigenvalue weighted by atomic mass is 10.1. The molecule has 0 fully saturated rings. The summed E-state index contributed by atoms with van der Waals surface area (Å²) in [5.41, 5.74) is 2.98. The first-order chi connectivity index (χ1) is 11.7. The summed E-state index contributed by atoms with van der Waals surface area (Å²) in [4.78, 5) is 8.62. The van der Waals surface area contributed by atoms with E-state index in [2.05, 4.69) is 61.2 Å². The van der Waals surface area contributed by atoms with Crippen molar-refractivity contribution >= 4 is 11.5 Å². The first-order valence-corrected chi connectivity index (χ1v) is 7.73. The van der Waals surface area contributed by atoms with Crippen molar-refractivity contribution in [3.05, 3.63) is 66.8 Å². The van der Waals surface area contributed by atoms with Gasteiger partial charge >= 0.3 is 0 Å². The van der Waals surface area contributed by atoms with Gasteiger partial charge in [-0.2, -0.15) is 0 Å². The van der Waals surface area contributed by atoms with Gasteiger partial charge in [0, 0.05) is 30.5 Å². The standard InChI is InChI=1S/C17H17N7/c1-12(21-16-17-22-20-11-23(17)9-7-19-16)14-3-5-15(6-4-14)24-10-8-18-13(24)2/h3-12H,1-2H3,(H,19,21)/t12-/m0/s1. The minimum absolute atomic E-state index is 0.0957. The van der Waals surface area contributed by atoms with Gasteiger partial charge in [0.2, 0.25) is 5.65 Å². The van der Waals surface area contributed by atoms with Crippen LogP contribution in [0.2, 0.25) is 0 Å². The topological polar surface area (TPSA) is 72.9 Å². The molecule has 0 saturated heterocycles. The number of nitrogens with one attached hydrogen (secondary N) is 1. The van der Waals surface area contributed by atoms with Crippen molar-refractivity contribution < 1.29 is 0 Å². The number of hydrogen-bond donors (Lipinski definition) is 1. The molecule has 3 heterocycles. The highest BCUT2D eigenvalue weighted by molar-refractivity contribution is 5.62. The Balaban J connectivity index is 1.57. The lowest BCUT2D eigenvalue weighted by Gasteiger charge is -2.16. The fourth-order valence-electron chi connectivity index (χ4n) is 2.72. The molecule has 1 N–H and O–H groups in total. The van der Waals surface area contributed by atoms with Gasteiger partial charge in [-0.1, -0.05) is 12.1 Å². The van der Waals surface area contributed by atoms with Gasteiger partial charge in [-0.05, 0) is 31.5 Å². The number of nitrogens with zero attached hydrogens (tertiary/aromatic N) is 6. The van der Waals surface area contributed by atoms with Crippen molar-refractivity contribution in [2.24, 2.45) is 0 Å². The smallest absolute Gasteiger partial charge is 0.203 e. The summed E-state index contributed by atoms with van der Waals surface area (Å²) >= 11 is 0. The molecule has 7 heteroatoms. The highest BCUT2D eigenvalue weighted by atomic mass is 15.2. The van der Waals surface area contributed by atoms with Crippen LogP contribution in [0.5, 0.6) is 0 Å². The van der Waals surface area contributed by atoms with Crippen molar-refractivity contribution in [2.45, 2.75) is 19.9 Å². The third kappa shape index (κ3) is 2.50. The van der Waals surface area contributed by atoms with E-state index in [9.17, 15) is 0 Å². The predicted molar refractivity (Wildman–Crippen MR) is 91.1 cm³/mol. The maximum atomic E-state index is 4.37. The number of aromatic nitrogens is 6. The van der Waals surface area contributed by atoms with Crippen molar-refractivity contribution in [3.8, 4) is 5.69 Å². The molecule has 4 aromatic rings. The minimum Gasteiger partial charge on any atom is -0.360 e. The Kier molecular flexibility index (Phi) is 3.45. The molecule has 0 amide bonds. The zero-order valence-corrected chi connectivity index (χ0v) is 13.5. The first kappa shape index (κ1) is 14.4. The van der Waals surface area contributed by atoms with Crippen LogP contribution in [0, 0.1) is 6.92 Å². The summed E-state index contributed by atoms with van der Waals surface area (Å²) in [6.07, 6.45) is 8.99. The predicted octanol–water partition coefficient (Wildman–Crippen LogP) is 2.79. The second-order valence-electron chi connectivity index (χ2n) is 5.64. The van der Waals surface area contributed by atoms with Crippen LogP contribution >= 0.6 is 0 Å². The van der Waals surface area contributed by atoms with Gasteiger partial charge in [0.05, 0.1) is 6.04 Å². The van der Waals surface area contributed by atoms with Crippen LogP contribution in [0.25, 0.3) is 11.3 Å². The van der Waals surface area contributed by atoms with Crippen molar-refractivity contribution in [1.82, 2.24) is 29.1 Å². The average molecular weight is 319 g/mol. The summed E-state index contributed by atoms with van der Waals surface area (Å²) in [6, 6.07) is 8.49. The highest BCUT2D eigenvalue weighted by Gasteiger charge is 2.11. The van der Waals surface area contributed by atoms with E-state index in [1.165, 1.54) is 5.56 Å². The number of imidazole rings is 1. The molecule has 0 unspecified atom stereocenters. The molecule has 0 bridgehead atoms. The van der Waals surface area contributed by atoms with Crippen LogP contribution in [-0.4, -0.2) is 29.1 Å². The quantitative estimate of drug-likeness (QED) is 0.626. The number of anilines is 1. The summed E-state index contributed by atoms with van der Waals surface area (Å²) in [5, 5.41) is 11.4. The molecular formula is C17H17N7. The maximum Gasteiger partial charge on any atom is 0.203 e. The van der Waals surface area contributed by atoms with E-state index in [0.29, 0.717) is 0 Å². The van der Waals surface area contributed by atoms with Crippen LogP contribution in [0.4, 0.5) is 5.82 Å². The monoisotopic (exact) mass is 319 g/mol. The van der Waals surface area contributed by atoms with Gasteiger partial charge < -0.3 is 9.88 Å². The van der Waals surface area contributed by atoms with Crippen molar-refractivity contribution in [1.29, 1.82) is 0 Å². The SMILES string of the molecule is Cc1nccn1-c1ccc([C@H](C)Nc2nccn3cnnc23)cc1. The van der Waals surface area contributed by atoms with Crippen LogP contribution in [0.1, 0.15) is 24.4 Å². The number of rotatable bonds is 4. The van der Waals surface area contributed by atoms with Gasteiger partial charge in [0.15, 0.2) is 5.82 Å². The van der Waals surface area contributed by atoms with Crippen molar-refractivity contribution in [3.63, 3.8) is 0 Å². The van der Waals surface area contributed by atoms with Crippen LogP contribution in [0.15, 0.2) is 55.4 Å². The summed E-state index contributed by atoms with van der Waals surface area (Å²) in [7, 11) is 0. The molecule has 0 radical (unpaired) electrons. The average Bonchev–Trinajstić information content (AvgIpc) is 3.24. The van der Waals surface area contributed by atoms with E-state index in [1.807, 2.05) is 23.7 Å². The second kappa shape index (κ2) is 5.77. The molecule has 3 aromatic heterocycles. The molecule has 1 atom stereocenters. The third-order valence-corrected chi connectivity index (χ3v) is 4.07. The molecule has 0 saturated carbocycles. The number of hydrogen-bond acceptors (Lipinski definition) is 5. The third-order valence-electron chi connectivity index (χ3n) is 4.07. The second-order valence-corrected chi connectivity index (χ2v) is 5.64. The Morgan fingerprint density at radius 2 is 1.83 bits per heavy atom. The molecular weight excluding hydrogens is 302 g/mol. The Labute approximate surface area is 139 Å².